The molecule has 20 heavy (non-hydrogen) atoms. The largest absolute Gasteiger partial charge is 0.368 e. The second kappa shape index (κ2) is 6.24. The molecular weight excluding hydrogens is 272 g/mol. The van der Waals surface area contributed by atoms with E-state index < -0.39 is 5.60 Å². The third kappa shape index (κ3) is 3.22. The average molecular weight is 296 g/mol. The Morgan fingerprint density at radius 1 is 1.50 bits per heavy atom. The van der Waals surface area contributed by atoms with Gasteiger partial charge in [0.15, 0.2) is 0 Å². The van der Waals surface area contributed by atoms with E-state index in [4.69, 9.17) is 4.74 Å². The van der Waals surface area contributed by atoms with Crippen LogP contribution in [0, 0.1) is 0 Å². The van der Waals surface area contributed by atoms with Crippen molar-refractivity contribution in [1.29, 1.82) is 0 Å². The molecule has 0 aliphatic carbocycles. The summed E-state index contributed by atoms with van der Waals surface area (Å²) in [6.07, 6.45) is 1.46. The molecule has 1 aromatic heterocycles. The molecule has 0 spiro atoms. The molecule has 2 heterocycles. The van der Waals surface area contributed by atoms with Crippen molar-refractivity contribution >= 4 is 17.2 Å². The maximum atomic E-state index is 12.5. The minimum Gasteiger partial charge on any atom is -0.368 e. The second-order valence-electron chi connectivity index (χ2n) is 5.99. The van der Waals surface area contributed by atoms with Crippen LogP contribution in [0.15, 0.2) is 17.5 Å². The van der Waals surface area contributed by atoms with Gasteiger partial charge in [-0.15, -0.1) is 11.3 Å². The molecule has 1 amide bonds. The van der Waals surface area contributed by atoms with Crippen molar-refractivity contribution < 1.29 is 9.53 Å². The van der Waals surface area contributed by atoms with Gasteiger partial charge in [-0.1, -0.05) is 19.9 Å². The fourth-order valence-electron chi connectivity index (χ4n) is 2.57. The summed E-state index contributed by atoms with van der Waals surface area (Å²) in [6.45, 7) is 6.60. The highest BCUT2D eigenvalue weighted by Crippen LogP contribution is 2.28. The molecule has 1 saturated heterocycles. The zero-order chi connectivity index (χ0) is 14.6. The first-order chi connectivity index (χ1) is 9.50. The predicted octanol–water partition coefficient (Wildman–Crippen LogP) is 1.91. The number of methoxy groups -OCH3 is 1. The molecule has 4 nitrogen and oxygen atoms in total. The Labute approximate surface area is 124 Å². The van der Waals surface area contributed by atoms with Gasteiger partial charge in [0.05, 0.1) is 0 Å². The average Bonchev–Trinajstić information content (AvgIpc) is 3.00. The lowest BCUT2D eigenvalue weighted by Crippen LogP contribution is -2.55. The number of carbonyl (C=O) groups is 1. The Kier molecular flexibility index (Phi) is 4.83. The summed E-state index contributed by atoms with van der Waals surface area (Å²) >= 11 is 1.73. The highest BCUT2D eigenvalue weighted by atomic mass is 32.1. The van der Waals surface area contributed by atoms with Gasteiger partial charge >= 0.3 is 0 Å². The topological polar surface area (TPSA) is 50.4 Å². The number of thiophene rings is 1. The van der Waals surface area contributed by atoms with E-state index in [1.807, 2.05) is 6.07 Å². The molecule has 5 heteroatoms. The fourth-order valence-corrected chi connectivity index (χ4v) is 3.42. The van der Waals surface area contributed by atoms with Gasteiger partial charge in [-0.2, -0.15) is 0 Å². The number of nitrogens with one attached hydrogen (secondary N) is 2. The quantitative estimate of drug-likeness (QED) is 0.872. The van der Waals surface area contributed by atoms with Crippen LogP contribution in [0.4, 0.5) is 0 Å². The van der Waals surface area contributed by atoms with Crippen molar-refractivity contribution in [3.05, 3.63) is 22.4 Å². The molecule has 112 valence electrons. The summed E-state index contributed by atoms with van der Waals surface area (Å²) in [7, 11) is 1.63. The van der Waals surface area contributed by atoms with Gasteiger partial charge < -0.3 is 15.4 Å². The molecule has 0 bridgehead atoms. The third-order valence-corrected chi connectivity index (χ3v) is 5.33. The number of rotatable bonds is 5. The van der Waals surface area contributed by atoms with Gasteiger partial charge in [0.25, 0.3) is 5.91 Å². The van der Waals surface area contributed by atoms with Gasteiger partial charge in [0, 0.05) is 23.9 Å². The van der Waals surface area contributed by atoms with Crippen LogP contribution in [0.3, 0.4) is 0 Å². The van der Waals surface area contributed by atoms with Gasteiger partial charge in [-0.05, 0) is 37.4 Å². The van der Waals surface area contributed by atoms with Crippen LogP contribution in [0.5, 0.6) is 0 Å². The Morgan fingerprint density at radius 2 is 2.20 bits per heavy atom. The number of ether oxygens (including phenoxy) is 1. The van der Waals surface area contributed by atoms with E-state index in [2.05, 4.69) is 35.9 Å². The number of hydrogen-bond donors (Lipinski definition) is 2. The molecular formula is C15H24N2O2S. The summed E-state index contributed by atoms with van der Waals surface area (Å²) in [6, 6.07) is 4.17. The lowest BCUT2D eigenvalue weighted by Gasteiger charge is -2.36. The molecule has 1 aliphatic rings. The summed E-state index contributed by atoms with van der Waals surface area (Å²) in [4.78, 5) is 13.8. The predicted molar refractivity (Wildman–Crippen MR) is 82.2 cm³/mol. The van der Waals surface area contributed by atoms with Gasteiger partial charge in [-0.25, -0.2) is 0 Å². The van der Waals surface area contributed by atoms with Crippen LogP contribution in [0.2, 0.25) is 0 Å². The van der Waals surface area contributed by atoms with E-state index >= 15 is 0 Å². The summed E-state index contributed by atoms with van der Waals surface area (Å²) < 4.78 is 5.55. The Hall–Kier alpha value is -0.910. The van der Waals surface area contributed by atoms with E-state index in [-0.39, 0.29) is 11.3 Å². The van der Waals surface area contributed by atoms with Crippen molar-refractivity contribution in [1.82, 2.24) is 10.6 Å². The lowest BCUT2D eigenvalue weighted by molar-refractivity contribution is -0.146. The van der Waals surface area contributed by atoms with Crippen molar-refractivity contribution in [2.24, 2.45) is 0 Å². The normalized spacial score (nSPS) is 18.8. The zero-order valence-electron chi connectivity index (χ0n) is 12.5. The third-order valence-electron chi connectivity index (χ3n) is 4.09. The molecule has 1 fully saturated rings. The Bertz CT molecular complexity index is 437. The summed E-state index contributed by atoms with van der Waals surface area (Å²) in [5.41, 5.74) is -0.706. The first kappa shape index (κ1) is 15.5. The molecule has 0 radical (unpaired) electrons. The first-order valence-corrected chi connectivity index (χ1v) is 7.96. The minimum absolute atomic E-state index is 0.0196. The maximum absolute atomic E-state index is 12.5. The van der Waals surface area contributed by atoms with Crippen molar-refractivity contribution in [3.63, 3.8) is 0 Å². The summed E-state index contributed by atoms with van der Waals surface area (Å²) in [5, 5.41) is 8.42. The highest BCUT2D eigenvalue weighted by molar-refractivity contribution is 7.10. The highest BCUT2D eigenvalue weighted by Gasteiger charge is 2.40. The Balaban J connectivity index is 1.97. The number of amides is 1. The molecule has 1 aromatic rings. The van der Waals surface area contributed by atoms with E-state index in [9.17, 15) is 4.79 Å². The van der Waals surface area contributed by atoms with Crippen LogP contribution in [-0.4, -0.2) is 38.3 Å². The smallest absolute Gasteiger partial charge is 0.252 e. The molecule has 2 rings (SSSR count). The fraction of sp³-hybridized carbons (Fsp3) is 0.667. The van der Waals surface area contributed by atoms with Gasteiger partial charge in [0.1, 0.15) is 5.60 Å². The van der Waals surface area contributed by atoms with Gasteiger partial charge in [0.2, 0.25) is 0 Å². The first-order valence-electron chi connectivity index (χ1n) is 7.08. The SMILES string of the molecule is COC1(C(=O)NCC(C)(C)c2cccs2)CCNCC1. The second-order valence-corrected chi connectivity index (χ2v) is 6.94. The van der Waals surface area contributed by atoms with Crippen LogP contribution in [0.25, 0.3) is 0 Å². The standard InChI is InChI=1S/C15H24N2O2S/c1-14(2,12-5-4-10-20-12)11-17-13(18)15(19-3)6-8-16-9-7-15/h4-5,10,16H,6-9,11H2,1-3H3,(H,17,18). The minimum atomic E-state index is -0.656. The monoisotopic (exact) mass is 296 g/mol. The van der Waals surface area contributed by atoms with Crippen LogP contribution in [-0.2, 0) is 14.9 Å². The molecule has 0 aromatic carbocycles. The number of carbonyl (C=O) groups excluding carboxylic acids is 1. The van der Waals surface area contributed by atoms with Crippen LogP contribution >= 0.6 is 11.3 Å². The van der Waals surface area contributed by atoms with Crippen LogP contribution < -0.4 is 10.6 Å². The van der Waals surface area contributed by atoms with Gasteiger partial charge in [-0.3, -0.25) is 4.79 Å². The van der Waals surface area contributed by atoms with Crippen LogP contribution in [0.1, 0.15) is 31.6 Å². The molecule has 0 atom stereocenters. The Morgan fingerprint density at radius 3 is 2.75 bits per heavy atom. The molecule has 0 saturated carbocycles. The number of hydrogen-bond acceptors (Lipinski definition) is 4. The van der Waals surface area contributed by atoms with Crippen molar-refractivity contribution in [2.45, 2.75) is 37.7 Å². The zero-order valence-corrected chi connectivity index (χ0v) is 13.3. The van der Waals surface area contributed by atoms with E-state index in [0.717, 1.165) is 25.9 Å². The van der Waals surface area contributed by atoms with E-state index in [1.165, 1.54) is 4.88 Å². The number of piperidine rings is 1. The summed E-state index contributed by atoms with van der Waals surface area (Å²) in [5.74, 6) is 0.0196. The lowest BCUT2D eigenvalue weighted by atomic mass is 9.88. The molecule has 2 N–H and O–H groups in total. The molecule has 1 aliphatic heterocycles. The van der Waals surface area contributed by atoms with Crippen molar-refractivity contribution in [2.75, 3.05) is 26.7 Å². The molecule has 0 unspecified atom stereocenters. The van der Waals surface area contributed by atoms with Crippen molar-refractivity contribution in [3.8, 4) is 0 Å². The maximum Gasteiger partial charge on any atom is 0.252 e. The van der Waals surface area contributed by atoms with E-state index in [0.29, 0.717) is 6.54 Å². The van der Waals surface area contributed by atoms with E-state index in [1.54, 1.807) is 18.4 Å².